The average molecular weight is 357 g/mol. The van der Waals surface area contributed by atoms with Crippen LogP contribution in [0.5, 0.6) is 0 Å². The van der Waals surface area contributed by atoms with Crippen LogP contribution in [0.4, 0.5) is 0 Å². The molecule has 130 valence electrons. The number of amides is 1. The molecule has 0 saturated heterocycles. The van der Waals surface area contributed by atoms with Crippen LogP contribution in [0.2, 0.25) is 0 Å². The van der Waals surface area contributed by atoms with Gasteiger partial charge in [0.15, 0.2) is 0 Å². The van der Waals surface area contributed by atoms with Gasteiger partial charge in [0.25, 0.3) is 5.56 Å². The van der Waals surface area contributed by atoms with Crippen molar-refractivity contribution in [2.24, 2.45) is 0 Å². The van der Waals surface area contributed by atoms with Gasteiger partial charge in [-0.1, -0.05) is 24.3 Å². The summed E-state index contributed by atoms with van der Waals surface area (Å²) in [6, 6.07) is 6.77. The first-order chi connectivity index (χ1) is 12.0. The number of benzene rings is 1. The molecule has 0 fully saturated rings. The number of carbonyl (C=O) groups is 1. The number of thiazole rings is 1. The molecule has 3 aromatic rings. The maximum atomic E-state index is 12.4. The van der Waals surface area contributed by atoms with E-state index in [1.165, 1.54) is 0 Å². The van der Waals surface area contributed by atoms with Crippen LogP contribution in [0.25, 0.3) is 10.9 Å². The van der Waals surface area contributed by atoms with Crippen molar-refractivity contribution in [1.82, 2.24) is 25.3 Å². The number of aromatic nitrogens is 4. The Bertz CT molecular complexity index is 959. The maximum absolute atomic E-state index is 12.4. The molecule has 1 amide bonds. The van der Waals surface area contributed by atoms with Gasteiger partial charge in [-0.25, -0.2) is 9.67 Å². The third-order valence-corrected chi connectivity index (χ3v) is 5.20. The van der Waals surface area contributed by atoms with E-state index in [0.29, 0.717) is 10.9 Å². The zero-order valence-electron chi connectivity index (χ0n) is 14.3. The molecule has 1 aromatic carbocycles. The second-order valence-corrected chi connectivity index (χ2v) is 7.03. The average Bonchev–Trinajstić information content (AvgIpc) is 2.94. The zero-order valence-corrected chi connectivity index (χ0v) is 15.1. The Morgan fingerprint density at radius 3 is 2.76 bits per heavy atom. The first-order valence-corrected chi connectivity index (χ1v) is 8.87. The summed E-state index contributed by atoms with van der Waals surface area (Å²) in [6.45, 7) is 5.78. The van der Waals surface area contributed by atoms with Crippen LogP contribution in [0.15, 0.2) is 29.1 Å². The SMILES string of the molecule is CC[C@@H](NC(=O)Cn1nnc2ccccc2c1=O)c1nc(C)c(C)s1. The molecule has 0 aliphatic rings. The molecule has 0 spiro atoms. The molecule has 8 heteroatoms. The predicted octanol–water partition coefficient (Wildman–Crippen LogP) is 2.13. The Kier molecular flexibility index (Phi) is 4.89. The molecule has 0 aliphatic heterocycles. The van der Waals surface area contributed by atoms with Gasteiger partial charge in [0, 0.05) is 4.88 Å². The maximum Gasteiger partial charge on any atom is 0.278 e. The van der Waals surface area contributed by atoms with Crippen molar-refractivity contribution in [3.63, 3.8) is 0 Å². The lowest BCUT2D eigenvalue weighted by Gasteiger charge is -2.14. The van der Waals surface area contributed by atoms with Crippen molar-refractivity contribution < 1.29 is 4.79 Å². The zero-order chi connectivity index (χ0) is 18.0. The summed E-state index contributed by atoms with van der Waals surface area (Å²) in [5.74, 6) is -0.288. The summed E-state index contributed by atoms with van der Waals surface area (Å²) in [5, 5.41) is 12.1. The standard InChI is InChI=1S/C17H19N5O2S/c1-4-13(16-18-10(2)11(3)25-16)19-15(23)9-22-17(24)12-7-5-6-8-14(12)20-21-22/h5-8,13H,4,9H2,1-3H3,(H,19,23)/t13-/m1/s1. The van der Waals surface area contributed by atoms with E-state index in [9.17, 15) is 9.59 Å². The lowest BCUT2D eigenvalue weighted by molar-refractivity contribution is -0.122. The molecule has 7 nitrogen and oxygen atoms in total. The fraction of sp³-hybridized carbons (Fsp3) is 0.353. The molecule has 0 bridgehead atoms. The molecule has 0 saturated carbocycles. The number of aryl methyl sites for hydroxylation is 2. The van der Waals surface area contributed by atoms with E-state index in [2.05, 4.69) is 20.6 Å². The van der Waals surface area contributed by atoms with Crippen molar-refractivity contribution in [3.8, 4) is 0 Å². The van der Waals surface area contributed by atoms with Crippen molar-refractivity contribution in [2.75, 3.05) is 0 Å². The monoisotopic (exact) mass is 357 g/mol. The van der Waals surface area contributed by atoms with Gasteiger partial charge < -0.3 is 5.32 Å². The van der Waals surface area contributed by atoms with Crippen LogP contribution < -0.4 is 10.9 Å². The van der Waals surface area contributed by atoms with Gasteiger partial charge in [-0.3, -0.25) is 9.59 Å². The van der Waals surface area contributed by atoms with E-state index in [4.69, 9.17) is 0 Å². The molecule has 1 N–H and O–H groups in total. The highest BCUT2D eigenvalue weighted by atomic mass is 32.1. The summed E-state index contributed by atoms with van der Waals surface area (Å²) in [6.07, 6.45) is 0.719. The van der Waals surface area contributed by atoms with E-state index in [1.54, 1.807) is 35.6 Å². The van der Waals surface area contributed by atoms with E-state index in [1.807, 2.05) is 20.8 Å². The summed E-state index contributed by atoms with van der Waals surface area (Å²) in [5.41, 5.74) is 1.17. The van der Waals surface area contributed by atoms with Crippen LogP contribution in [0.3, 0.4) is 0 Å². The van der Waals surface area contributed by atoms with Crippen molar-refractivity contribution >= 4 is 28.1 Å². The Morgan fingerprint density at radius 1 is 1.32 bits per heavy atom. The third-order valence-electron chi connectivity index (χ3n) is 4.01. The topological polar surface area (TPSA) is 89.8 Å². The Morgan fingerprint density at radius 2 is 2.08 bits per heavy atom. The van der Waals surface area contributed by atoms with Gasteiger partial charge in [-0.2, -0.15) is 0 Å². The van der Waals surface area contributed by atoms with Crippen molar-refractivity contribution in [2.45, 2.75) is 39.8 Å². The minimum atomic E-state index is -0.324. The number of carbonyl (C=O) groups excluding carboxylic acids is 1. The second-order valence-electron chi connectivity index (χ2n) is 5.79. The van der Waals surface area contributed by atoms with E-state index < -0.39 is 0 Å². The Balaban J connectivity index is 1.78. The van der Waals surface area contributed by atoms with Gasteiger partial charge in [-0.05, 0) is 32.4 Å². The lowest BCUT2D eigenvalue weighted by atomic mass is 10.2. The first-order valence-electron chi connectivity index (χ1n) is 8.05. The number of hydrogen-bond donors (Lipinski definition) is 1. The van der Waals surface area contributed by atoms with Crippen LogP contribution >= 0.6 is 11.3 Å². The number of nitrogens with zero attached hydrogens (tertiary/aromatic N) is 4. The molecule has 25 heavy (non-hydrogen) atoms. The fourth-order valence-corrected chi connectivity index (χ4v) is 3.55. The molecule has 2 heterocycles. The fourth-order valence-electron chi connectivity index (χ4n) is 2.49. The van der Waals surface area contributed by atoms with E-state index >= 15 is 0 Å². The van der Waals surface area contributed by atoms with Crippen LogP contribution in [-0.4, -0.2) is 25.9 Å². The molecule has 2 aromatic heterocycles. The second kappa shape index (κ2) is 7.10. The highest BCUT2D eigenvalue weighted by Gasteiger charge is 2.18. The molecular weight excluding hydrogens is 338 g/mol. The van der Waals surface area contributed by atoms with Crippen LogP contribution in [0, 0.1) is 13.8 Å². The van der Waals surface area contributed by atoms with E-state index in [0.717, 1.165) is 26.7 Å². The molecule has 0 aliphatic carbocycles. The summed E-state index contributed by atoms with van der Waals surface area (Å²) < 4.78 is 1.09. The molecular formula is C17H19N5O2S. The predicted molar refractivity (Wildman–Crippen MR) is 96.6 cm³/mol. The normalized spacial score (nSPS) is 12.3. The number of hydrogen-bond acceptors (Lipinski definition) is 6. The van der Waals surface area contributed by atoms with Gasteiger partial charge in [-0.15, -0.1) is 16.4 Å². The summed E-state index contributed by atoms with van der Waals surface area (Å²) >= 11 is 1.58. The Labute approximate surface area is 148 Å². The Hall–Kier alpha value is -2.61. The smallest absolute Gasteiger partial charge is 0.278 e. The molecule has 0 radical (unpaired) electrons. The highest BCUT2D eigenvalue weighted by Crippen LogP contribution is 2.24. The van der Waals surface area contributed by atoms with Crippen LogP contribution in [-0.2, 0) is 11.3 Å². The highest BCUT2D eigenvalue weighted by molar-refractivity contribution is 7.11. The lowest BCUT2D eigenvalue weighted by Crippen LogP contribution is -2.36. The molecule has 0 unspecified atom stereocenters. The largest absolute Gasteiger partial charge is 0.345 e. The van der Waals surface area contributed by atoms with E-state index in [-0.39, 0.29) is 24.1 Å². The number of nitrogens with one attached hydrogen (secondary N) is 1. The molecule has 1 atom stereocenters. The van der Waals surface area contributed by atoms with Crippen molar-refractivity contribution in [3.05, 3.63) is 50.2 Å². The van der Waals surface area contributed by atoms with Crippen LogP contribution in [0.1, 0.15) is 35.0 Å². The van der Waals surface area contributed by atoms with Gasteiger partial charge in [0.2, 0.25) is 5.91 Å². The molecule has 3 rings (SSSR count). The van der Waals surface area contributed by atoms with Gasteiger partial charge in [0.05, 0.1) is 17.1 Å². The third kappa shape index (κ3) is 3.58. The number of fused-ring (bicyclic) bond motifs is 1. The number of rotatable bonds is 5. The minimum absolute atomic E-state index is 0.170. The quantitative estimate of drug-likeness (QED) is 0.755. The van der Waals surface area contributed by atoms with Gasteiger partial charge in [0.1, 0.15) is 17.1 Å². The first kappa shape index (κ1) is 17.2. The minimum Gasteiger partial charge on any atom is -0.345 e. The van der Waals surface area contributed by atoms with Gasteiger partial charge >= 0.3 is 0 Å². The summed E-state index contributed by atoms with van der Waals surface area (Å²) in [4.78, 5) is 30.4. The van der Waals surface area contributed by atoms with Crippen molar-refractivity contribution in [1.29, 1.82) is 0 Å². The summed E-state index contributed by atoms with van der Waals surface area (Å²) in [7, 11) is 0.